The first-order valence-corrected chi connectivity index (χ1v) is 7.75. The van der Waals surface area contributed by atoms with E-state index in [0.717, 1.165) is 26.2 Å². The summed E-state index contributed by atoms with van der Waals surface area (Å²) in [5, 5.41) is 0. The number of nitrogens with zero attached hydrogens (tertiary/aromatic N) is 2. The first-order chi connectivity index (χ1) is 10.3. The van der Waals surface area contributed by atoms with Crippen LogP contribution in [-0.2, 0) is 13.1 Å². The maximum atomic E-state index is 12.0. The number of pyridine rings is 1. The van der Waals surface area contributed by atoms with Crippen LogP contribution in [0.1, 0.15) is 23.6 Å². The molecule has 3 heteroatoms. The molecule has 3 nitrogen and oxygen atoms in total. The molecule has 3 heterocycles. The molecule has 2 bridgehead atoms. The summed E-state index contributed by atoms with van der Waals surface area (Å²) in [5.41, 5.74) is 2.78. The van der Waals surface area contributed by atoms with Crippen LogP contribution < -0.4 is 5.56 Å². The van der Waals surface area contributed by atoms with Gasteiger partial charge in [-0.15, -0.1) is 0 Å². The van der Waals surface area contributed by atoms with Gasteiger partial charge in [0, 0.05) is 43.9 Å². The molecule has 0 spiro atoms. The van der Waals surface area contributed by atoms with Gasteiger partial charge in [0.1, 0.15) is 0 Å². The molecule has 1 fully saturated rings. The van der Waals surface area contributed by atoms with E-state index in [1.807, 2.05) is 10.6 Å². The van der Waals surface area contributed by atoms with Crippen molar-refractivity contribution < 1.29 is 0 Å². The van der Waals surface area contributed by atoms with Gasteiger partial charge >= 0.3 is 0 Å². The van der Waals surface area contributed by atoms with E-state index >= 15 is 0 Å². The minimum Gasteiger partial charge on any atom is -0.312 e. The molecule has 21 heavy (non-hydrogen) atoms. The molecule has 0 radical (unpaired) electrons. The number of rotatable bonds is 2. The molecule has 0 aliphatic carbocycles. The van der Waals surface area contributed by atoms with E-state index in [2.05, 4.69) is 41.3 Å². The minimum absolute atomic E-state index is 0.165. The van der Waals surface area contributed by atoms with Crippen LogP contribution in [0.3, 0.4) is 0 Å². The molecule has 0 saturated carbocycles. The first kappa shape index (κ1) is 12.8. The van der Waals surface area contributed by atoms with Gasteiger partial charge in [-0.05, 0) is 24.0 Å². The Morgan fingerprint density at radius 2 is 1.81 bits per heavy atom. The average molecular weight is 280 g/mol. The fourth-order valence-corrected chi connectivity index (χ4v) is 3.97. The number of likely N-dealkylation sites (tertiary alicyclic amines) is 1. The monoisotopic (exact) mass is 280 g/mol. The molecule has 0 unspecified atom stereocenters. The highest BCUT2D eigenvalue weighted by atomic mass is 16.1. The zero-order valence-electron chi connectivity index (χ0n) is 12.1. The van der Waals surface area contributed by atoms with Crippen LogP contribution in [0, 0.1) is 5.92 Å². The van der Waals surface area contributed by atoms with Crippen LogP contribution in [-0.4, -0.2) is 22.6 Å². The third-order valence-corrected chi connectivity index (χ3v) is 4.80. The zero-order chi connectivity index (χ0) is 14.2. The van der Waals surface area contributed by atoms with Crippen LogP contribution in [0.5, 0.6) is 0 Å². The third-order valence-electron chi connectivity index (χ3n) is 4.80. The minimum atomic E-state index is 0.165. The van der Waals surface area contributed by atoms with E-state index in [1.165, 1.54) is 17.7 Å². The van der Waals surface area contributed by atoms with Gasteiger partial charge < -0.3 is 4.57 Å². The number of fused-ring (bicyclic) bond motifs is 4. The lowest BCUT2D eigenvalue weighted by Gasteiger charge is -2.42. The Labute approximate surface area is 124 Å². The van der Waals surface area contributed by atoms with Crippen LogP contribution in [0.4, 0.5) is 0 Å². The Kier molecular flexibility index (Phi) is 3.15. The van der Waals surface area contributed by atoms with Gasteiger partial charge in [-0.3, -0.25) is 9.69 Å². The van der Waals surface area contributed by atoms with Crippen molar-refractivity contribution in [2.45, 2.75) is 25.4 Å². The van der Waals surface area contributed by atoms with Crippen molar-refractivity contribution in [2.75, 3.05) is 13.1 Å². The Morgan fingerprint density at radius 3 is 2.67 bits per heavy atom. The molecule has 2 aliphatic rings. The fraction of sp³-hybridized carbons (Fsp3) is 0.389. The third kappa shape index (κ3) is 2.42. The maximum Gasteiger partial charge on any atom is 0.250 e. The van der Waals surface area contributed by atoms with Gasteiger partial charge in [0.25, 0.3) is 5.56 Å². The fourth-order valence-electron chi connectivity index (χ4n) is 3.97. The topological polar surface area (TPSA) is 25.2 Å². The molecule has 2 aromatic rings. The zero-order valence-corrected chi connectivity index (χ0v) is 12.1. The molecule has 1 saturated heterocycles. The summed E-state index contributed by atoms with van der Waals surface area (Å²) < 4.78 is 2.00. The summed E-state index contributed by atoms with van der Waals surface area (Å²) in [5.74, 6) is 1.12. The molecule has 1 aromatic carbocycles. The highest BCUT2D eigenvalue weighted by Gasteiger charge is 2.34. The molecular weight excluding hydrogens is 260 g/mol. The largest absolute Gasteiger partial charge is 0.312 e. The number of benzene rings is 1. The second kappa shape index (κ2) is 5.15. The van der Waals surface area contributed by atoms with Crippen molar-refractivity contribution in [3.63, 3.8) is 0 Å². The summed E-state index contributed by atoms with van der Waals surface area (Å²) in [7, 11) is 0. The van der Waals surface area contributed by atoms with Gasteiger partial charge in [0.2, 0.25) is 0 Å². The van der Waals surface area contributed by atoms with Crippen LogP contribution in [0.25, 0.3) is 0 Å². The predicted molar refractivity (Wildman–Crippen MR) is 83.3 cm³/mol. The van der Waals surface area contributed by atoms with E-state index in [1.54, 1.807) is 6.07 Å². The Bertz CT molecular complexity index is 692. The van der Waals surface area contributed by atoms with Gasteiger partial charge in [-0.2, -0.15) is 0 Å². The van der Waals surface area contributed by atoms with Gasteiger partial charge in [0.15, 0.2) is 0 Å². The van der Waals surface area contributed by atoms with Gasteiger partial charge in [-0.1, -0.05) is 36.4 Å². The second-order valence-corrected chi connectivity index (χ2v) is 6.38. The Balaban J connectivity index is 1.58. The maximum absolute atomic E-state index is 12.0. The first-order valence-electron chi connectivity index (χ1n) is 7.75. The summed E-state index contributed by atoms with van der Waals surface area (Å²) >= 11 is 0. The molecule has 1 aromatic heterocycles. The Morgan fingerprint density at radius 1 is 0.952 bits per heavy atom. The van der Waals surface area contributed by atoms with Crippen molar-refractivity contribution in [1.29, 1.82) is 0 Å². The highest BCUT2D eigenvalue weighted by molar-refractivity contribution is 5.18. The molecule has 2 atom stereocenters. The van der Waals surface area contributed by atoms with Gasteiger partial charge in [-0.25, -0.2) is 0 Å². The second-order valence-electron chi connectivity index (χ2n) is 6.38. The van der Waals surface area contributed by atoms with Crippen molar-refractivity contribution in [3.05, 3.63) is 70.1 Å². The van der Waals surface area contributed by atoms with Crippen LogP contribution in [0.15, 0.2) is 53.3 Å². The van der Waals surface area contributed by atoms with Crippen molar-refractivity contribution in [1.82, 2.24) is 9.47 Å². The van der Waals surface area contributed by atoms with Crippen LogP contribution in [0.2, 0.25) is 0 Å². The predicted octanol–water partition coefficient (Wildman–Crippen LogP) is 2.47. The van der Waals surface area contributed by atoms with Crippen LogP contribution >= 0.6 is 0 Å². The molecule has 0 N–H and O–H groups in total. The van der Waals surface area contributed by atoms with E-state index < -0.39 is 0 Å². The number of piperidine rings is 1. The molecular formula is C18H20N2O. The van der Waals surface area contributed by atoms with E-state index in [0.29, 0.717) is 11.8 Å². The quantitative estimate of drug-likeness (QED) is 0.844. The standard InChI is InChI=1S/C18H20N2O/c21-18-8-4-7-17-16-9-15(12-20(17)18)11-19(13-16)10-14-5-2-1-3-6-14/h1-8,15-16H,9-13H2/t15-,16-/m1/s1. The lowest BCUT2D eigenvalue weighted by molar-refractivity contribution is 0.114. The SMILES string of the molecule is O=c1cccc2n1C[C@@H]1C[C@@H]2CN(Cc2ccccc2)C1. The van der Waals surface area contributed by atoms with Crippen molar-refractivity contribution >= 4 is 0 Å². The Hall–Kier alpha value is -1.87. The normalized spacial score (nSPS) is 24.6. The highest BCUT2D eigenvalue weighted by Crippen LogP contribution is 2.35. The smallest absolute Gasteiger partial charge is 0.250 e. The number of hydrogen-bond donors (Lipinski definition) is 0. The number of aromatic nitrogens is 1. The van der Waals surface area contributed by atoms with Crippen molar-refractivity contribution in [3.8, 4) is 0 Å². The van der Waals surface area contributed by atoms with Crippen molar-refractivity contribution in [2.24, 2.45) is 5.92 Å². The summed E-state index contributed by atoms with van der Waals surface area (Å²) in [6.07, 6.45) is 1.23. The summed E-state index contributed by atoms with van der Waals surface area (Å²) in [6.45, 7) is 4.07. The van der Waals surface area contributed by atoms with E-state index in [9.17, 15) is 4.79 Å². The molecule has 2 aliphatic heterocycles. The average Bonchev–Trinajstić information content (AvgIpc) is 2.49. The van der Waals surface area contributed by atoms with Gasteiger partial charge in [0.05, 0.1) is 0 Å². The molecule has 0 amide bonds. The summed E-state index contributed by atoms with van der Waals surface area (Å²) in [6, 6.07) is 16.4. The lowest BCUT2D eigenvalue weighted by Crippen LogP contribution is -2.46. The summed E-state index contributed by atoms with van der Waals surface area (Å²) in [4.78, 5) is 14.6. The molecule has 108 valence electrons. The molecule has 4 rings (SSSR count). The lowest BCUT2D eigenvalue weighted by atomic mass is 9.83. The van der Waals surface area contributed by atoms with E-state index in [4.69, 9.17) is 0 Å². The number of hydrogen-bond acceptors (Lipinski definition) is 2. The van der Waals surface area contributed by atoms with E-state index in [-0.39, 0.29) is 5.56 Å².